The van der Waals surface area contributed by atoms with Gasteiger partial charge in [-0.2, -0.15) is 0 Å². The highest BCUT2D eigenvalue weighted by molar-refractivity contribution is 6.42. The van der Waals surface area contributed by atoms with Crippen LogP contribution in [-0.2, 0) is 9.53 Å². The summed E-state index contributed by atoms with van der Waals surface area (Å²) in [5, 5.41) is 3.97. The van der Waals surface area contributed by atoms with Crippen molar-refractivity contribution in [2.45, 2.75) is 6.92 Å². The molecule has 3 aromatic rings. The standard InChI is InChI=1S/C19H14Cl2N2O3/c1-11-8-14(13-4-2-3-5-17(13)22-11)19(25)26-10-18(24)23-12-6-7-15(20)16(21)9-12/h2-9H,10H2,1H3,(H,23,24). The Morgan fingerprint density at radius 1 is 1.08 bits per heavy atom. The first kappa shape index (κ1) is 18.2. The Bertz CT molecular complexity index is 1010. The average molecular weight is 389 g/mol. The lowest BCUT2D eigenvalue weighted by atomic mass is 10.1. The van der Waals surface area contributed by atoms with Crippen molar-refractivity contribution in [2.24, 2.45) is 0 Å². The number of benzene rings is 2. The molecular weight excluding hydrogens is 375 g/mol. The molecule has 1 amide bonds. The number of halogens is 2. The molecule has 0 aliphatic rings. The van der Waals surface area contributed by atoms with Gasteiger partial charge in [-0.3, -0.25) is 9.78 Å². The van der Waals surface area contributed by atoms with E-state index in [1.807, 2.05) is 18.2 Å². The molecule has 0 saturated carbocycles. The molecule has 0 aliphatic carbocycles. The first-order valence-electron chi connectivity index (χ1n) is 7.72. The van der Waals surface area contributed by atoms with Gasteiger partial charge in [0.1, 0.15) is 0 Å². The summed E-state index contributed by atoms with van der Waals surface area (Å²) < 4.78 is 5.14. The normalized spacial score (nSPS) is 10.6. The number of para-hydroxylation sites is 1. The number of amides is 1. The van der Waals surface area contributed by atoms with Gasteiger partial charge in [0, 0.05) is 16.8 Å². The molecule has 0 aliphatic heterocycles. The van der Waals surface area contributed by atoms with E-state index in [2.05, 4.69) is 10.3 Å². The molecule has 1 heterocycles. The molecule has 3 rings (SSSR count). The van der Waals surface area contributed by atoms with E-state index >= 15 is 0 Å². The molecule has 0 saturated heterocycles. The van der Waals surface area contributed by atoms with Crippen LogP contribution in [0.25, 0.3) is 10.9 Å². The third-order valence-corrected chi connectivity index (χ3v) is 4.34. The van der Waals surface area contributed by atoms with Gasteiger partial charge in [0.15, 0.2) is 6.61 Å². The van der Waals surface area contributed by atoms with Gasteiger partial charge in [-0.05, 0) is 37.3 Å². The molecular formula is C19H14Cl2N2O3. The number of carbonyl (C=O) groups is 2. The lowest BCUT2D eigenvalue weighted by Crippen LogP contribution is -2.21. The second-order valence-electron chi connectivity index (χ2n) is 5.58. The molecule has 0 bridgehead atoms. The number of rotatable bonds is 4. The predicted octanol–water partition coefficient (Wildman–Crippen LogP) is 4.65. The molecule has 0 atom stereocenters. The number of nitrogens with zero attached hydrogens (tertiary/aromatic N) is 1. The number of pyridine rings is 1. The second-order valence-corrected chi connectivity index (χ2v) is 6.40. The summed E-state index contributed by atoms with van der Waals surface area (Å²) >= 11 is 11.7. The van der Waals surface area contributed by atoms with E-state index in [0.717, 1.165) is 0 Å². The predicted molar refractivity (Wildman–Crippen MR) is 102 cm³/mol. The second kappa shape index (κ2) is 7.72. The summed E-state index contributed by atoms with van der Waals surface area (Å²) in [6.07, 6.45) is 0. The van der Waals surface area contributed by atoms with Gasteiger partial charge in [0.2, 0.25) is 0 Å². The minimum absolute atomic E-state index is 0.320. The van der Waals surface area contributed by atoms with Gasteiger partial charge >= 0.3 is 5.97 Å². The lowest BCUT2D eigenvalue weighted by Gasteiger charge is -2.09. The molecule has 7 heteroatoms. The molecule has 0 spiro atoms. The zero-order valence-corrected chi connectivity index (χ0v) is 15.3. The van der Waals surface area contributed by atoms with Crippen LogP contribution in [0.15, 0.2) is 48.5 Å². The van der Waals surface area contributed by atoms with Gasteiger partial charge in [-0.1, -0.05) is 41.4 Å². The maximum atomic E-state index is 12.4. The summed E-state index contributed by atoms with van der Waals surface area (Å²) in [5.41, 5.74) is 2.22. The fourth-order valence-electron chi connectivity index (χ4n) is 2.46. The Labute approximate surface area is 159 Å². The smallest absolute Gasteiger partial charge is 0.339 e. The monoisotopic (exact) mass is 388 g/mol. The summed E-state index contributed by atoms with van der Waals surface area (Å²) in [7, 11) is 0. The Morgan fingerprint density at radius 3 is 2.62 bits per heavy atom. The molecule has 2 aromatic carbocycles. The molecule has 5 nitrogen and oxygen atoms in total. The Morgan fingerprint density at radius 2 is 1.85 bits per heavy atom. The van der Waals surface area contributed by atoms with E-state index in [1.165, 1.54) is 6.07 Å². The SMILES string of the molecule is Cc1cc(C(=O)OCC(=O)Nc2ccc(Cl)c(Cl)c2)c2ccccc2n1. The summed E-state index contributed by atoms with van der Waals surface area (Å²) in [4.78, 5) is 28.8. The average Bonchev–Trinajstić information content (AvgIpc) is 2.62. The zero-order chi connectivity index (χ0) is 18.7. The van der Waals surface area contributed by atoms with Crippen molar-refractivity contribution >= 4 is 51.7 Å². The molecule has 0 radical (unpaired) electrons. The van der Waals surface area contributed by atoms with Crippen LogP contribution in [0, 0.1) is 6.92 Å². The molecule has 1 N–H and O–H groups in total. The summed E-state index contributed by atoms with van der Waals surface area (Å²) in [5.74, 6) is -1.07. The van der Waals surface area contributed by atoms with Crippen molar-refractivity contribution in [1.29, 1.82) is 0 Å². The van der Waals surface area contributed by atoms with E-state index in [1.54, 1.807) is 31.2 Å². The van der Waals surface area contributed by atoms with Gasteiger partial charge in [0.05, 0.1) is 21.1 Å². The van der Waals surface area contributed by atoms with E-state index < -0.39 is 18.5 Å². The minimum atomic E-state index is -0.587. The van der Waals surface area contributed by atoms with Gasteiger partial charge < -0.3 is 10.1 Å². The van der Waals surface area contributed by atoms with Crippen LogP contribution < -0.4 is 5.32 Å². The number of aryl methyl sites for hydroxylation is 1. The number of anilines is 1. The largest absolute Gasteiger partial charge is 0.452 e. The van der Waals surface area contributed by atoms with E-state index in [-0.39, 0.29) is 0 Å². The first-order valence-corrected chi connectivity index (χ1v) is 8.48. The van der Waals surface area contributed by atoms with Crippen molar-refractivity contribution in [1.82, 2.24) is 4.98 Å². The number of nitrogens with one attached hydrogen (secondary N) is 1. The van der Waals surface area contributed by atoms with Gasteiger partial charge in [-0.25, -0.2) is 4.79 Å². The zero-order valence-electron chi connectivity index (χ0n) is 13.8. The molecule has 26 heavy (non-hydrogen) atoms. The number of fused-ring (bicyclic) bond motifs is 1. The van der Waals surface area contributed by atoms with Crippen LogP contribution in [0.4, 0.5) is 5.69 Å². The Balaban J connectivity index is 1.69. The highest BCUT2D eigenvalue weighted by atomic mass is 35.5. The van der Waals surface area contributed by atoms with Crippen molar-refractivity contribution in [3.63, 3.8) is 0 Å². The lowest BCUT2D eigenvalue weighted by molar-refractivity contribution is -0.119. The summed E-state index contributed by atoms with van der Waals surface area (Å²) in [6, 6.07) is 13.6. The third-order valence-electron chi connectivity index (χ3n) is 3.60. The highest BCUT2D eigenvalue weighted by Crippen LogP contribution is 2.25. The van der Waals surface area contributed by atoms with Crippen molar-refractivity contribution < 1.29 is 14.3 Å². The number of esters is 1. The fourth-order valence-corrected chi connectivity index (χ4v) is 2.75. The number of carbonyl (C=O) groups excluding carboxylic acids is 2. The topological polar surface area (TPSA) is 68.3 Å². The van der Waals surface area contributed by atoms with Crippen LogP contribution in [0.1, 0.15) is 16.1 Å². The van der Waals surface area contributed by atoms with E-state index in [9.17, 15) is 9.59 Å². The fraction of sp³-hybridized carbons (Fsp3) is 0.105. The number of ether oxygens (including phenoxy) is 1. The van der Waals surface area contributed by atoms with Gasteiger partial charge in [0.25, 0.3) is 5.91 Å². The third kappa shape index (κ3) is 4.12. The van der Waals surface area contributed by atoms with Crippen molar-refractivity contribution in [3.8, 4) is 0 Å². The maximum Gasteiger partial charge on any atom is 0.339 e. The van der Waals surface area contributed by atoms with Crippen LogP contribution in [0.3, 0.4) is 0 Å². The maximum absolute atomic E-state index is 12.4. The first-order chi connectivity index (χ1) is 12.4. The number of hydrogen-bond acceptors (Lipinski definition) is 4. The van der Waals surface area contributed by atoms with Crippen LogP contribution in [-0.4, -0.2) is 23.5 Å². The molecule has 0 fully saturated rings. The molecule has 1 aromatic heterocycles. The van der Waals surface area contributed by atoms with Crippen LogP contribution in [0.5, 0.6) is 0 Å². The summed E-state index contributed by atoms with van der Waals surface area (Å²) in [6.45, 7) is 1.37. The van der Waals surface area contributed by atoms with Crippen LogP contribution >= 0.6 is 23.2 Å². The molecule has 132 valence electrons. The minimum Gasteiger partial charge on any atom is -0.452 e. The number of aromatic nitrogens is 1. The van der Waals surface area contributed by atoms with Gasteiger partial charge in [-0.15, -0.1) is 0 Å². The molecule has 0 unspecified atom stereocenters. The Hall–Kier alpha value is -2.63. The van der Waals surface area contributed by atoms with Crippen molar-refractivity contribution in [2.75, 3.05) is 11.9 Å². The van der Waals surface area contributed by atoms with Crippen LogP contribution in [0.2, 0.25) is 10.0 Å². The van der Waals surface area contributed by atoms with E-state index in [4.69, 9.17) is 27.9 Å². The quantitative estimate of drug-likeness (QED) is 0.660. The highest BCUT2D eigenvalue weighted by Gasteiger charge is 2.15. The van der Waals surface area contributed by atoms with E-state index in [0.29, 0.717) is 37.9 Å². The number of hydrogen-bond donors (Lipinski definition) is 1. The Kier molecular flexibility index (Phi) is 5.40. The van der Waals surface area contributed by atoms with Crippen molar-refractivity contribution in [3.05, 3.63) is 69.8 Å².